The van der Waals surface area contributed by atoms with Crippen molar-refractivity contribution in [3.63, 3.8) is 0 Å². The molecule has 0 amide bonds. The highest BCUT2D eigenvalue weighted by Crippen LogP contribution is 2.24. The van der Waals surface area contributed by atoms with Crippen molar-refractivity contribution < 1.29 is 9.53 Å². The smallest absolute Gasteiger partial charge is 0.238 e. The van der Waals surface area contributed by atoms with Gasteiger partial charge in [0.15, 0.2) is 11.4 Å². The quantitative estimate of drug-likeness (QED) is 0.566. The summed E-state index contributed by atoms with van der Waals surface area (Å²) in [6.07, 6.45) is 1.96. The van der Waals surface area contributed by atoms with E-state index in [1.165, 1.54) is 0 Å². The molecule has 1 atom stereocenters. The van der Waals surface area contributed by atoms with Gasteiger partial charge in [-0.15, -0.1) is 0 Å². The van der Waals surface area contributed by atoms with E-state index in [1.807, 2.05) is 6.07 Å². The zero-order valence-electron chi connectivity index (χ0n) is 11.3. The van der Waals surface area contributed by atoms with Crippen LogP contribution >= 0.6 is 0 Å². The van der Waals surface area contributed by atoms with Crippen LogP contribution in [0.3, 0.4) is 0 Å². The topological polar surface area (TPSA) is 140 Å². The number of carbonyl (C=O) groups is 1. The lowest BCUT2D eigenvalue weighted by molar-refractivity contribution is -0.108. The van der Waals surface area contributed by atoms with Crippen LogP contribution in [-0.4, -0.2) is 35.4 Å². The number of nitrogen functional groups attached to an aromatic ring is 1. The van der Waals surface area contributed by atoms with E-state index in [4.69, 9.17) is 16.2 Å². The Balaban J connectivity index is 3.03. The molecule has 0 saturated carbocycles. The fourth-order valence-corrected chi connectivity index (χ4v) is 1.59. The maximum Gasteiger partial charge on any atom is 0.238 e. The van der Waals surface area contributed by atoms with Crippen LogP contribution in [0.2, 0.25) is 0 Å². The van der Waals surface area contributed by atoms with Gasteiger partial charge in [-0.05, 0) is 26.3 Å². The van der Waals surface area contributed by atoms with Crippen molar-refractivity contribution in [3.8, 4) is 11.9 Å². The van der Waals surface area contributed by atoms with Gasteiger partial charge in [0.1, 0.15) is 12.4 Å². The number of nitrogens with two attached hydrogens (primary N) is 2. The molecule has 8 nitrogen and oxygen atoms in total. The van der Waals surface area contributed by atoms with Crippen molar-refractivity contribution in [2.75, 3.05) is 24.2 Å². The van der Waals surface area contributed by atoms with Gasteiger partial charge in [-0.25, -0.2) is 0 Å². The molecule has 1 aromatic heterocycles. The first-order valence-corrected chi connectivity index (χ1v) is 6.28. The van der Waals surface area contributed by atoms with Gasteiger partial charge < -0.3 is 26.3 Å². The van der Waals surface area contributed by atoms with Crippen LogP contribution in [-0.2, 0) is 4.79 Å². The van der Waals surface area contributed by atoms with E-state index >= 15 is 0 Å². The molecular weight excluding hydrogens is 260 g/mol. The predicted octanol–water partition coefficient (Wildman–Crippen LogP) is 0.0475. The summed E-state index contributed by atoms with van der Waals surface area (Å²) >= 11 is 0. The normalized spacial score (nSPS) is 11.4. The van der Waals surface area contributed by atoms with Gasteiger partial charge in [-0.1, -0.05) is 0 Å². The molecule has 8 heteroatoms. The largest absolute Gasteiger partial charge is 0.477 e. The van der Waals surface area contributed by atoms with Crippen molar-refractivity contribution in [1.29, 1.82) is 5.26 Å². The first-order chi connectivity index (χ1) is 9.65. The molecule has 1 aromatic rings. The number of anilines is 2. The van der Waals surface area contributed by atoms with E-state index < -0.39 is 6.04 Å². The average molecular weight is 278 g/mol. The Kier molecular flexibility index (Phi) is 6.19. The summed E-state index contributed by atoms with van der Waals surface area (Å²) < 4.78 is 5.24. The number of carbonyl (C=O) groups excluding carboxylic acids is 1. The van der Waals surface area contributed by atoms with Crippen LogP contribution in [0.5, 0.6) is 5.88 Å². The first-order valence-electron chi connectivity index (χ1n) is 6.28. The van der Waals surface area contributed by atoms with E-state index in [2.05, 4.69) is 15.3 Å². The summed E-state index contributed by atoms with van der Waals surface area (Å²) in [5, 5.41) is 12.0. The lowest BCUT2D eigenvalue weighted by atomic mass is 10.1. The minimum atomic E-state index is -0.491. The number of aldehydes is 1. The Bertz CT molecular complexity index is 499. The van der Waals surface area contributed by atoms with E-state index in [0.717, 1.165) is 6.29 Å². The Morgan fingerprint density at radius 2 is 2.30 bits per heavy atom. The fraction of sp³-hybridized carbons (Fsp3) is 0.500. The number of ether oxygens (including phenoxy) is 1. The summed E-state index contributed by atoms with van der Waals surface area (Å²) in [5.74, 6) is 0.268. The van der Waals surface area contributed by atoms with Crippen LogP contribution in [0.4, 0.5) is 11.8 Å². The lowest BCUT2D eigenvalue weighted by Gasteiger charge is -2.15. The second kappa shape index (κ2) is 7.91. The summed E-state index contributed by atoms with van der Waals surface area (Å²) in [6, 6.07) is 1.46. The predicted molar refractivity (Wildman–Crippen MR) is 74.1 cm³/mol. The molecule has 108 valence electrons. The second-order valence-electron chi connectivity index (χ2n) is 3.97. The molecule has 0 fully saturated rings. The monoisotopic (exact) mass is 278 g/mol. The van der Waals surface area contributed by atoms with E-state index in [0.29, 0.717) is 26.0 Å². The lowest BCUT2D eigenvalue weighted by Crippen LogP contribution is -2.24. The summed E-state index contributed by atoms with van der Waals surface area (Å²) in [7, 11) is 0. The Labute approximate surface area is 117 Å². The third-order valence-corrected chi connectivity index (χ3v) is 2.49. The third-order valence-electron chi connectivity index (χ3n) is 2.49. The highest BCUT2D eigenvalue weighted by molar-refractivity contribution is 5.67. The molecule has 0 aliphatic carbocycles. The molecule has 0 saturated heterocycles. The minimum Gasteiger partial charge on any atom is -0.477 e. The first kappa shape index (κ1) is 15.7. The van der Waals surface area contributed by atoms with Crippen LogP contribution in [0.1, 0.15) is 25.3 Å². The van der Waals surface area contributed by atoms with Crippen molar-refractivity contribution in [3.05, 3.63) is 5.56 Å². The molecular formula is C12H18N6O2. The van der Waals surface area contributed by atoms with Gasteiger partial charge >= 0.3 is 0 Å². The van der Waals surface area contributed by atoms with Gasteiger partial charge in [0.25, 0.3) is 0 Å². The van der Waals surface area contributed by atoms with Crippen molar-refractivity contribution >= 4 is 18.1 Å². The molecule has 0 radical (unpaired) electrons. The number of rotatable bonds is 8. The molecule has 0 unspecified atom stereocenters. The fourth-order valence-electron chi connectivity index (χ4n) is 1.59. The number of aromatic nitrogens is 2. The number of nitrogens with one attached hydrogen (secondary N) is 1. The molecule has 0 spiro atoms. The van der Waals surface area contributed by atoms with Crippen LogP contribution in [0.15, 0.2) is 0 Å². The van der Waals surface area contributed by atoms with Crippen molar-refractivity contribution in [2.45, 2.75) is 25.8 Å². The summed E-state index contributed by atoms with van der Waals surface area (Å²) in [4.78, 5) is 18.8. The summed E-state index contributed by atoms with van der Waals surface area (Å²) in [5.41, 5.74) is 11.1. The molecule has 1 rings (SSSR count). The Hall–Kier alpha value is -2.40. The number of hydrogen-bond donors (Lipinski definition) is 3. The van der Waals surface area contributed by atoms with E-state index in [1.54, 1.807) is 6.92 Å². The maximum atomic E-state index is 11.0. The van der Waals surface area contributed by atoms with Gasteiger partial charge in [-0.3, -0.25) is 0 Å². The molecule has 0 aliphatic rings. The van der Waals surface area contributed by atoms with E-state index in [9.17, 15) is 10.1 Å². The molecule has 5 N–H and O–H groups in total. The highest BCUT2D eigenvalue weighted by atomic mass is 16.5. The minimum absolute atomic E-state index is 0.0292. The van der Waals surface area contributed by atoms with Crippen molar-refractivity contribution in [2.24, 2.45) is 5.73 Å². The number of hydrogen-bond acceptors (Lipinski definition) is 8. The number of nitriles is 1. The highest BCUT2D eigenvalue weighted by Gasteiger charge is 2.17. The molecule has 0 aromatic carbocycles. The average Bonchev–Trinajstić information content (AvgIpc) is 2.43. The molecule has 20 heavy (non-hydrogen) atoms. The summed E-state index contributed by atoms with van der Waals surface area (Å²) in [6.45, 7) is 2.59. The standard InChI is InChI=1S/C12H18N6O2/c1-2-20-11-9(6-14)10(17-12(15)18-11)16-8(7-19)4-3-5-13/h7-8H,2-5,13H2,1H3,(H3,15,16,17,18)/t8-/m0/s1. The molecule has 1 heterocycles. The van der Waals surface area contributed by atoms with E-state index in [-0.39, 0.29) is 23.2 Å². The van der Waals surface area contributed by atoms with Crippen LogP contribution < -0.4 is 21.5 Å². The SMILES string of the molecule is CCOc1nc(N)nc(N[C@H](C=O)CCCN)c1C#N. The molecule has 0 bridgehead atoms. The maximum absolute atomic E-state index is 11.0. The van der Waals surface area contributed by atoms with Gasteiger partial charge in [0.05, 0.1) is 12.6 Å². The van der Waals surface area contributed by atoms with Gasteiger partial charge in [0.2, 0.25) is 11.8 Å². The Morgan fingerprint density at radius 1 is 1.55 bits per heavy atom. The van der Waals surface area contributed by atoms with Gasteiger partial charge in [0, 0.05) is 0 Å². The zero-order valence-corrected chi connectivity index (χ0v) is 11.3. The third kappa shape index (κ3) is 4.07. The Morgan fingerprint density at radius 3 is 2.85 bits per heavy atom. The second-order valence-corrected chi connectivity index (χ2v) is 3.97. The number of nitrogens with zero attached hydrogens (tertiary/aromatic N) is 3. The van der Waals surface area contributed by atoms with Gasteiger partial charge in [-0.2, -0.15) is 15.2 Å². The zero-order chi connectivity index (χ0) is 15.0. The van der Waals surface area contributed by atoms with Crippen LogP contribution in [0, 0.1) is 11.3 Å². The molecule has 0 aliphatic heterocycles. The van der Waals surface area contributed by atoms with Crippen molar-refractivity contribution in [1.82, 2.24) is 9.97 Å². The van der Waals surface area contributed by atoms with Crippen LogP contribution in [0.25, 0.3) is 0 Å².